The van der Waals surface area contributed by atoms with Crippen molar-refractivity contribution in [3.8, 4) is 0 Å². The third kappa shape index (κ3) is 4.83. The van der Waals surface area contributed by atoms with Crippen LogP contribution in [-0.2, 0) is 15.0 Å². The van der Waals surface area contributed by atoms with Gasteiger partial charge in [-0.1, -0.05) is 6.07 Å². The van der Waals surface area contributed by atoms with Gasteiger partial charge in [0.05, 0.1) is 5.69 Å². The second-order valence-electron chi connectivity index (χ2n) is 6.83. The first kappa shape index (κ1) is 21.0. The summed E-state index contributed by atoms with van der Waals surface area (Å²) in [7, 11) is -1.13. The Morgan fingerprint density at radius 1 is 1.07 bits per heavy atom. The van der Waals surface area contributed by atoms with E-state index in [9.17, 15) is 17.6 Å². The zero-order chi connectivity index (χ0) is 21.0. The first-order chi connectivity index (χ1) is 13.8. The monoisotopic (exact) mass is 421 g/mol. The summed E-state index contributed by atoms with van der Waals surface area (Å²) in [4.78, 5) is 20.9. The van der Waals surface area contributed by atoms with E-state index in [1.165, 1.54) is 38.4 Å². The fraction of sp³-hybridized carbons (Fsp3) is 0.368. The predicted octanol–water partition coefficient (Wildman–Crippen LogP) is 1.18. The number of amides is 1. The SMILES string of the molecule is CN(C)S(=O)(=O)N(CC(=O)N1CCN(c2ccccn2)CC1)c1ccc(F)cc1. The van der Waals surface area contributed by atoms with Crippen LogP contribution in [0.1, 0.15) is 0 Å². The number of piperazine rings is 1. The van der Waals surface area contributed by atoms with Crippen LogP contribution in [-0.4, -0.2) is 75.3 Å². The number of benzene rings is 1. The molecular weight excluding hydrogens is 397 g/mol. The third-order valence-electron chi connectivity index (χ3n) is 4.74. The zero-order valence-corrected chi connectivity index (χ0v) is 17.2. The van der Waals surface area contributed by atoms with Gasteiger partial charge in [-0.05, 0) is 36.4 Å². The Bertz CT molecular complexity index is 930. The molecule has 0 bridgehead atoms. The molecule has 1 aromatic carbocycles. The van der Waals surface area contributed by atoms with Crippen LogP contribution in [0.15, 0.2) is 48.7 Å². The van der Waals surface area contributed by atoms with Crippen LogP contribution in [0.4, 0.5) is 15.9 Å². The third-order valence-corrected chi connectivity index (χ3v) is 6.56. The largest absolute Gasteiger partial charge is 0.353 e. The number of nitrogens with zero attached hydrogens (tertiary/aromatic N) is 5. The molecule has 8 nitrogen and oxygen atoms in total. The van der Waals surface area contributed by atoms with E-state index in [4.69, 9.17) is 0 Å². The molecule has 0 unspecified atom stereocenters. The smallest absolute Gasteiger partial charge is 0.304 e. The van der Waals surface area contributed by atoms with Crippen molar-refractivity contribution in [2.75, 3.05) is 56.0 Å². The van der Waals surface area contributed by atoms with Crippen LogP contribution in [0, 0.1) is 5.82 Å². The molecule has 3 rings (SSSR count). The minimum atomic E-state index is -3.92. The van der Waals surface area contributed by atoms with Crippen LogP contribution in [0.5, 0.6) is 0 Å². The topological polar surface area (TPSA) is 77.1 Å². The summed E-state index contributed by atoms with van der Waals surface area (Å²) in [6.45, 7) is 1.80. The van der Waals surface area contributed by atoms with E-state index in [0.717, 1.165) is 14.4 Å². The van der Waals surface area contributed by atoms with E-state index in [1.807, 2.05) is 18.2 Å². The van der Waals surface area contributed by atoms with Crippen molar-refractivity contribution >= 4 is 27.6 Å². The van der Waals surface area contributed by atoms with Gasteiger partial charge in [0.25, 0.3) is 0 Å². The molecule has 2 heterocycles. The van der Waals surface area contributed by atoms with Crippen LogP contribution >= 0.6 is 0 Å². The van der Waals surface area contributed by atoms with Gasteiger partial charge in [-0.2, -0.15) is 12.7 Å². The molecule has 156 valence electrons. The van der Waals surface area contributed by atoms with Gasteiger partial charge in [0.1, 0.15) is 18.2 Å². The number of hydrogen-bond donors (Lipinski definition) is 0. The highest BCUT2D eigenvalue weighted by Gasteiger charge is 2.30. The molecular formula is C19H24FN5O3S. The molecule has 1 fully saturated rings. The summed E-state index contributed by atoms with van der Waals surface area (Å²) in [5, 5.41) is 0. The quantitative estimate of drug-likeness (QED) is 0.700. The van der Waals surface area contributed by atoms with Crippen molar-refractivity contribution in [1.29, 1.82) is 0 Å². The van der Waals surface area contributed by atoms with Crippen LogP contribution < -0.4 is 9.21 Å². The number of rotatable bonds is 6. The Morgan fingerprint density at radius 3 is 2.28 bits per heavy atom. The fourth-order valence-electron chi connectivity index (χ4n) is 3.06. The van der Waals surface area contributed by atoms with Gasteiger partial charge in [-0.3, -0.25) is 4.79 Å². The zero-order valence-electron chi connectivity index (χ0n) is 16.4. The molecule has 29 heavy (non-hydrogen) atoms. The maximum Gasteiger partial charge on any atom is 0.304 e. The van der Waals surface area contributed by atoms with Gasteiger partial charge in [0.15, 0.2) is 0 Å². The number of pyridine rings is 1. The molecule has 1 aliphatic rings. The van der Waals surface area contributed by atoms with Crippen molar-refractivity contribution in [3.63, 3.8) is 0 Å². The van der Waals surface area contributed by atoms with Gasteiger partial charge < -0.3 is 9.80 Å². The van der Waals surface area contributed by atoms with Gasteiger partial charge in [-0.25, -0.2) is 13.7 Å². The lowest BCUT2D eigenvalue weighted by atomic mass is 10.3. The lowest BCUT2D eigenvalue weighted by Crippen LogP contribution is -2.53. The number of halogens is 1. The average molecular weight is 421 g/mol. The Labute approximate surface area is 170 Å². The van der Waals surface area contributed by atoms with Crippen molar-refractivity contribution < 1.29 is 17.6 Å². The minimum absolute atomic E-state index is 0.237. The second-order valence-corrected chi connectivity index (χ2v) is 8.90. The number of carbonyl (C=O) groups excluding carboxylic acids is 1. The highest BCUT2D eigenvalue weighted by atomic mass is 32.2. The van der Waals surface area contributed by atoms with Gasteiger partial charge in [0, 0.05) is 46.5 Å². The lowest BCUT2D eigenvalue weighted by Gasteiger charge is -2.36. The van der Waals surface area contributed by atoms with Crippen LogP contribution in [0.3, 0.4) is 0 Å². The Morgan fingerprint density at radius 2 is 1.72 bits per heavy atom. The summed E-state index contributed by atoms with van der Waals surface area (Å²) in [6.07, 6.45) is 1.72. The maximum atomic E-state index is 13.3. The van der Waals surface area contributed by atoms with E-state index in [-0.39, 0.29) is 18.1 Å². The molecule has 1 aliphatic heterocycles. The molecule has 2 aromatic rings. The fourth-order valence-corrected chi connectivity index (χ4v) is 4.12. The predicted molar refractivity (Wildman–Crippen MR) is 109 cm³/mol. The van der Waals surface area contributed by atoms with Crippen molar-refractivity contribution in [1.82, 2.24) is 14.2 Å². The maximum absolute atomic E-state index is 13.3. The first-order valence-corrected chi connectivity index (χ1v) is 10.6. The van der Waals surface area contributed by atoms with E-state index < -0.39 is 16.0 Å². The average Bonchev–Trinajstić information content (AvgIpc) is 2.73. The Hall–Kier alpha value is -2.72. The van der Waals surface area contributed by atoms with E-state index >= 15 is 0 Å². The van der Waals surface area contributed by atoms with Crippen molar-refractivity contribution in [2.24, 2.45) is 0 Å². The Balaban J connectivity index is 1.71. The summed E-state index contributed by atoms with van der Waals surface area (Å²) in [5.74, 6) is 0.0658. The number of aromatic nitrogens is 1. The summed E-state index contributed by atoms with van der Waals surface area (Å²) in [5.41, 5.74) is 0.237. The van der Waals surface area contributed by atoms with Crippen molar-refractivity contribution in [2.45, 2.75) is 0 Å². The lowest BCUT2D eigenvalue weighted by molar-refractivity contribution is -0.129. The summed E-state index contributed by atoms with van der Waals surface area (Å²) in [6, 6.07) is 10.7. The molecule has 0 atom stereocenters. The normalized spacial score (nSPS) is 14.9. The molecule has 10 heteroatoms. The highest BCUT2D eigenvalue weighted by molar-refractivity contribution is 7.90. The van der Waals surface area contributed by atoms with E-state index in [0.29, 0.717) is 26.2 Å². The number of anilines is 2. The van der Waals surface area contributed by atoms with Gasteiger partial charge >= 0.3 is 10.2 Å². The summed E-state index contributed by atoms with van der Waals surface area (Å²) >= 11 is 0. The molecule has 0 radical (unpaired) electrons. The van der Waals surface area contributed by atoms with Gasteiger partial charge in [-0.15, -0.1) is 0 Å². The molecule has 0 saturated carbocycles. The van der Waals surface area contributed by atoms with Crippen molar-refractivity contribution in [3.05, 3.63) is 54.5 Å². The summed E-state index contributed by atoms with van der Waals surface area (Å²) < 4.78 is 40.8. The van der Waals surface area contributed by atoms with Crippen LogP contribution in [0.2, 0.25) is 0 Å². The first-order valence-electron chi connectivity index (χ1n) is 9.18. The molecule has 1 aromatic heterocycles. The Kier molecular flexibility index (Phi) is 6.33. The number of carbonyl (C=O) groups is 1. The molecule has 0 N–H and O–H groups in total. The standard InChI is InChI=1S/C19H24FN5O3S/c1-22(2)29(27,28)25(17-8-6-16(20)7-9-17)15-19(26)24-13-11-23(12-14-24)18-5-3-4-10-21-18/h3-10H,11-15H2,1-2H3. The molecule has 1 saturated heterocycles. The molecule has 0 aliphatic carbocycles. The highest BCUT2D eigenvalue weighted by Crippen LogP contribution is 2.21. The van der Waals surface area contributed by atoms with E-state index in [2.05, 4.69) is 9.88 Å². The van der Waals surface area contributed by atoms with E-state index in [1.54, 1.807) is 11.1 Å². The number of hydrogen-bond acceptors (Lipinski definition) is 5. The molecule has 1 amide bonds. The minimum Gasteiger partial charge on any atom is -0.353 e. The van der Waals surface area contributed by atoms with Crippen LogP contribution in [0.25, 0.3) is 0 Å². The molecule has 0 spiro atoms. The van der Waals surface area contributed by atoms with Gasteiger partial charge in [0.2, 0.25) is 5.91 Å². The second kappa shape index (κ2) is 8.75.